The third kappa shape index (κ3) is 4.02. The standard InChI is InChI=1S/C24H29N3O3/c1-17(24(28)25-21-7-6-19-3-2-4-20(19)14-21)27-11-9-26(10-12-27)15-18-5-8-22-23(13-18)30-16-29-22/h5-8,13-14,17H,2-4,9-12,15-16H2,1H3,(H,25,28)/p+2/t17-/m1/s1. The highest BCUT2D eigenvalue weighted by atomic mass is 16.7. The summed E-state index contributed by atoms with van der Waals surface area (Å²) in [5.41, 5.74) is 5.06. The Morgan fingerprint density at radius 3 is 2.67 bits per heavy atom. The molecule has 0 saturated carbocycles. The molecule has 2 aromatic rings. The van der Waals surface area contributed by atoms with Gasteiger partial charge in [0.2, 0.25) is 6.79 Å². The van der Waals surface area contributed by atoms with E-state index in [1.807, 2.05) is 6.07 Å². The zero-order chi connectivity index (χ0) is 20.5. The van der Waals surface area contributed by atoms with Crippen LogP contribution in [-0.4, -0.2) is 44.9 Å². The molecule has 1 saturated heterocycles. The number of ether oxygens (including phenoxy) is 2. The number of anilines is 1. The van der Waals surface area contributed by atoms with Gasteiger partial charge in [-0.05, 0) is 67.6 Å². The molecule has 2 heterocycles. The minimum atomic E-state index is -0.0367. The van der Waals surface area contributed by atoms with Crippen molar-refractivity contribution >= 4 is 11.6 Å². The van der Waals surface area contributed by atoms with Crippen LogP contribution in [0.5, 0.6) is 11.5 Å². The summed E-state index contributed by atoms with van der Waals surface area (Å²) in [6.45, 7) is 7.53. The summed E-state index contributed by atoms with van der Waals surface area (Å²) < 4.78 is 10.9. The first-order valence-electron chi connectivity index (χ1n) is 11.1. The van der Waals surface area contributed by atoms with Crippen molar-refractivity contribution in [1.29, 1.82) is 0 Å². The molecule has 1 amide bonds. The Labute approximate surface area is 177 Å². The molecule has 3 aliphatic rings. The van der Waals surface area contributed by atoms with E-state index in [2.05, 4.69) is 42.6 Å². The fraction of sp³-hybridized carbons (Fsp3) is 0.458. The highest BCUT2D eigenvalue weighted by molar-refractivity contribution is 5.93. The Kier molecular flexibility index (Phi) is 5.35. The van der Waals surface area contributed by atoms with E-state index in [1.165, 1.54) is 34.4 Å². The highest BCUT2D eigenvalue weighted by Crippen LogP contribution is 2.32. The Morgan fingerprint density at radius 2 is 1.80 bits per heavy atom. The lowest BCUT2D eigenvalue weighted by atomic mass is 10.1. The van der Waals surface area contributed by atoms with Crippen LogP contribution in [0, 0.1) is 0 Å². The second-order valence-corrected chi connectivity index (χ2v) is 8.82. The maximum absolute atomic E-state index is 12.8. The fourth-order valence-electron chi connectivity index (χ4n) is 4.96. The maximum Gasteiger partial charge on any atom is 0.282 e. The van der Waals surface area contributed by atoms with E-state index in [9.17, 15) is 4.79 Å². The Morgan fingerprint density at radius 1 is 1.00 bits per heavy atom. The summed E-state index contributed by atoms with van der Waals surface area (Å²) in [6, 6.07) is 12.6. The molecule has 0 radical (unpaired) electrons. The topological polar surface area (TPSA) is 56.4 Å². The van der Waals surface area contributed by atoms with Crippen molar-refractivity contribution in [3.63, 3.8) is 0 Å². The van der Waals surface area contributed by atoms with E-state index in [0.29, 0.717) is 6.79 Å². The number of rotatable bonds is 5. The molecule has 6 heteroatoms. The van der Waals surface area contributed by atoms with Crippen molar-refractivity contribution in [1.82, 2.24) is 0 Å². The van der Waals surface area contributed by atoms with E-state index < -0.39 is 0 Å². The minimum absolute atomic E-state index is 0.0367. The Bertz CT molecular complexity index is 937. The monoisotopic (exact) mass is 409 g/mol. The van der Waals surface area contributed by atoms with Crippen molar-refractivity contribution in [2.75, 3.05) is 38.3 Å². The number of carbonyl (C=O) groups excluding carboxylic acids is 1. The molecular weight excluding hydrogens is 378 g/mol. The largest absolute Gasteiger partial charge is 0.454 e. The van der Waals surface area contributed by atoms with Crippen LogP contribution in [0.25, 0.3) is 0 Å². The molecule has 30 heavy (non-hydrogen) atoms. The number of benzene rings is 2. The predicted molar refractivity (Wildman–Crippen MR) is 114 cm³/mol. The van der Waals surface area contributed by atoms with Crippen molar-refractivity contribution in [3.8, 4) is 11.5 Å². The van der Waals surface area contributed by atoms with Crippen LogP contribution < -0.4 is 24.6 Å². The quantitative estimate of drug-likeness (QED) is 0.662. The summed E-state index contributed by atoms with van der Waals surface area (Å²) in [7, 11) is 0. The number of hydrogen-bond donors (Lipinski definition) is 3. The second kappa shape index (κ2) is 8.28. The maximum atomic E-state index is 12.8. The van der Waals surface area contributed by atoms with Crippen molar-refractivity contribution < 1.29 is 24.1 Å². The molecule has 2 aromatic carbocycles. The van der Waals surface area contributed by atoms with Crippen molar-refractivity contribution in [2.24, 2.45) is 0 Å². The van der Waals surface area contributed by atoms with Crippen molar-refractivity contribution in [2.45, 2.75) is 38.8 Å². The van der Waals surface area contributed by atoms with Gasteiger partial charge < -0.3 is 24.6 Å². The zero-order valence-electron chi connectivity index (χ0n) is 17.6. The molecule has 0 unspecified atom stereocenters. The molecule has 158 valence electrons. The average Bonchev–Trinajstić information content (AvgIpc) is 3.42. The summed E-state index contributed by atoms with van der Waals surface area (Å²) in [6.07, 6.45) is 3.53. The smallest absolute Gasteiger partial charge is 0.282 e. The lowest BCUT2D eigenvalue weighted by Crippen LogP contribution is -3.29. The molecule has 1 atom stereocenters. The number of nitrogens with one attached hydrogen (secondary N) is 3. The lowest BCUT2D eigenvalue weighted by molar-refractivity contribution is -1.02. The van der Waals surface area contributed by atoms with Crippen LogP contribution in [0.3, 0.4) is 0 Å². The molecule has 3 N–H and O–H groups in total. The first-order chi connectivity index (χ1) is 14.7. The molecule has 2 aliphatic heterocycles. The third-order valence-electron chi connectivity index (χ3n) is 6.86. The number of fused-ring (bicyclic) bond motifs is 2. The van der Waals surface area contributed by atoms with Crippen LogP contribution in [-0.2, 0) is 24.2 Å². The van der Waals surface area contributed by atoms with E-state index in [-0.39, 0.29) is 11.9 Å². The lowest BCUT2D eigenvalue weighted by Gasteiger charge is -2.32. The van der Waals surface area contributed by atoms with Gasteiger partial charge in [0.05, 0.1) is 0 Å². The molecule has 0 bridgehead atoms. The average molecular weight is 410 g/mol. The van der Waals surface area contributed by atoms with Gasteiger partial charge in [-0.25, -0.2) is 0 Å². The van der Waals surface area contributed by atoms with Crippen molar-refractivity contribution in [3.05, 3.63) is 53.1 Å². The molecular formula is C24H31N3O3+2. The number of amides is 1. The normalized spacial score (nSPS) is 23.1. The Hall–Kier alpha value is -2.57. The molecule has 0 spiro atoms. The second-order valence-electron chi connectivity index (χ2n) is 8.82. The van der Waals surface area contributed by atoms with Gasteiger partial charge >= 0.3 is 0 Å². The molecule has 6 nitrogen and oxygen atoms in total. The van der Waals surface area contributed by atoms with E-state index >= 15 is 0 Å². The van der Waals surface area contributed by atoms with Gasteiger partial charge in [0, 0.05) is 11.3 Å². The summed E-state index contributed by atoms with van der Waals surface area (Å²) in [5, 5.41) is 3.15. The van der Waals surface area contributed by atoms with Crippen LogP contribution in [0.2, 0.25) is 0 Å². The van der Waals surface area contributed by atoms with Crippen LogP contribution in [0.4, 0.5) is 5.69 Å². The molecule has 0 aromatic heterocycles. The zero-order valence-corrected chi connectivity index (χ0v) is 17.6. The van der Waals surface area contributed by atoms with Gasteiger partial charge in [-0.15, -0.1) is 0 Å². The first kappa shape index (κ1) is 19.4. The van der Waals surface area contributed by atoms with Gasteiger partial charge in [-0.3, -0.25) is 4.79 Å². The molecule has 1 fully saturated rings. The minimum Gasteiger partial charge on any atom is -0.454 e. The first-order valence-corrected chi connectivity index (χ1v) is 11.1. The number of aryl methyl sites for hydroxylation is 2. The van der Waals surface area contributed by atoms with Crippen LogP contribution >= 0.6 is 0 Å². The number of hydrogen-bond acceptors (Lipinski definition) is 3. The van der Waals surface area contributed by atoms with Gasteiger partial charge in [0.15, 0.2) is 17.5 Å². The third-order valence-corrected chi connectivity index (χ3v) is 6.86. The predicted octanol–water partition coefficient (Wildman–Crippen LogP) is 0.215. The summed E-state index contributed by atoms with van der Waals surface area (Å²) in [5.74, 6) is 1.82. The number of piperazine rings is 1. The van der Waals surface area contributed by atoms with Gasteiger partial charge in [0.25, 0.3) is 5.91 Å². The van der Waals surface area contributed by atoms with Crippen LogP contribution in [0.1, 0.15) is 30.0 Å². The van der Waals surface area contributed by atoms with E-state index in [1.54, 1.807) is 4.90 Å². The molecule has 5 rings (SSSR count). The number of carbonyl (C=O) groups is 1. The number of quaternary nitrogens is 2. The highest BCUT2D eigenvalue weighted by Gasteiger charge is 2.31. The van der Waals surface area contributed by atoms with E-state index in [0.717, 1.165) is 56.3 Å². The van der Waals surface area contributed by atoms with Crippen LogP contribution in [0.15, 0.2) is 36.4 Å². The SMILES string of the molecule is C[C@H](C(=O)Nc1ccc2c(c1)CCC2)[NH+]1CC[NH+](Cc2ccc3c(c2)OCO3)CC1. The summed E-state index contributed by atoms with van der Waals surface area (Å²) in [4.78, 5) is 15.8. The Balaban J connectivity index is 1.13. The fourth-order valence-corrected chi connectivity index (χ4v) is 4.96. The molecule has 1 aliphatic carbocycles. The van der Waals surface area contributed by atoms with E-state index in [4.69, 9.17) is 9.47 Å². The van der Waals surface area contributed by atoms with Gasteiger partial charge in [-0.1, -0.05) is 6.07 Å². The summed E-state index contributed by atoms with van der Waals surface area (Å²) >= 11 is 0. The van der Waals surface area contributed by atoms with Gasteiger partial charge in [0.1, 0.15) is 32.7 Å². The van der Waals surface area contributed by atoms with Gasteiger partial charge in [-0.2, -0.15) is 0 Å².